The van der Waals surface area contributed by atoms with Crippen molar-refractivity contribution in [1.82, 2.24) is 4.90 Å². The topological polar surface area (TPSA) is 36.3 Å². The van der Waals surface area contributed by atoms with Gasteiger partial charge in [-0.2, -0.15) is 5.26 Å². The lowest BCUT2D eigenvalue weighted by molar-refractivity contribution is 0.0869. The first kappa shape index (κ1) is 12.4. The molecule has 2 atom stereocenters. The summed E-state index contributed by atoms with van der Waals surface area (Å²) in [6.45, 7) is 7.79. The van der Waals surface area contributed by atoms with E-state index in [0.29, 0.717) is 12.6 Å². The van der Waals surface area contributed by atoms with Crippen LogP contribution in [-0.4, -0.2) is 37.2 Å². The molecular formula is C10H20N2O. The highest BCUT2D eigenvalue weighted by atomic mass is 16.5. The van der Waals surface area contributed by atoms with Gasteiger partial charge in [-0.25, -0.2) is 0 Å². The molecule has 0 aromatic heterocycles. The second-order valence-electron chi connectivity index (χ2n) is 3.19. The first-order valence-electron chi connectivity index (χ1n) is 4.85. The molecule has 0 aliphatic carbocycles. The molecule has 0 rings (SSSR count). The maximum atomic E-state index is 8.91. The minimum atomic E-state index is 0.0233. The summed E-state index contributed by atoms with van der Waals surface area (Å²) in [4.78, 5) is 2.17. The van der Waals surface area contributed by atoms with Gasteiger partial charge in [-0.1, -0.05) is 13.8 Å². The number of rotatable bonds is 6. The van der Waals surface area contributed by atoms with Gasteiger partial charge in [0.15, 0.2) is 0 Å². The molecule has 0 N–H and O–H groups in total. The molecule has 0 saturated heterocycles. The van der Waals surface area contributed by atoms with Gasteiger partial charge in [-0.15, -0.1) is 0 Å². The number of hydrogen-bond donors (Lipinski definition) is 0. The SMILES string of the molecule is CCC(C#N)N(CC)C(C)COC. The fraction of sp³-hybridized carbons (Fsp3) is 0.900. The molecule has 0 heterocycles. The summed E-state index contributed by atoms with van der Waals surface area (Å²) in [5.41, 5.74) is 0. The van der Waals surface area contributed by atoms with Crippen LogP contribution in [0.4, 0.5) is 0 Å². The maximum absolute atomic E-state index is 8.91. The second-order valence-corrected chi connectivity index (χ2v) is 3.19. The molecular weight excluding hydrogens is 164 g/mol. The van der Waals surface area contributed by atoms with Gasteiger partial charge in [0.05, 0.1) is 18.7 Å². The summed E-state index contributed by atoms with van der Waals surface area (Å²) in [6, 6.07) is 2.65. The molecule has 0 bridgehead atoms. The zero-order chi connectivity index (χ0) is 10.3. The van der Waals surface area contributed by atoms with Crippen LogP contribution >= 0.6 is 0 Å². The van der Waals surface area contributed by atoms with Crippen LogP contribution < -0.4 is 0 Å². The Morgan fingerprint density at radius 2 is 2.08 bits per heavy atom. The van der Waals surface area contributed by atoms with E-state index in [2.05, 4.69) is 24.8 Å². The van der Waals surface area contributed by atoms with Crippen LogP contribution in [0, 0.1) is 11.3 Å². The summed E-state index contributed by atoms with van der Waals surface area (Å²) in [5.74, 6) is 0. The monoisotopic (exact) mass is 184 g/mol. The summed E-state index contributed by atoms with van der Waals surface area (Å²) in [6.07, 6.45) is 0.873. The predicted molar refractivity (Wildman–Crippen MR) is 53.4 cm³/mol. The summed E-state index contributed by atoms with van der Waals surface area (Å²) < 4.78 is 5.07. The third kappa shape index (κ3) is 3.75. The van der Waals surface area contributed by atoms with Crippen LogP contribution in [0.15, 0.2) is 0 Å². The quantitative estimate of drug-likeness (QED) is 0.629. The van der Waals surface area contributed by atoms with E-state index in [1.807, 2.05) is 6.92 Å². The van der Waals surface area contributed by atoms with E-state index >= 15 is 0 Å². The summed E-state index contributed by atoms with van der Waals surface area (Å²) in [5, 5.41) is 8.91. The van der Waals surface area contributed by atoms with Crippen molar-refractivity contribution in [2.45, 2.75) is 39.3 Å². The molecule has 3 heteroatoms. The molecule has 76 valence electrons. The Balaban J connectivity index is 4.22. The second kappa shape index (κ2) is 6.88. The molecule has 0 aliphatic heterocycles. The van der Waals surface area contributed by atoms with E-state index in [0.717, 1.165) is 13.0 Å². The minimum absolute atomic E-state index is 0.0233. The third-order valence-electron chi connectivity index (χ3n) is 2.28. The van der Waals surface area contributed by atoms with Crippen LogP contribution in [0.3, 0.4) is 0 Å². The van der Waals surface area contributed by atoms with E-state index in [1.165, 1.54) is 0 Å². The fourth-order valence-corrected chi connectivity index (χ4v) is 1.58. The van der Waals surface area contributed by atoms with Gasteiger partial charge in [0, 0.05) is 13.2 Å². The van der Waals surface area contributed by atoms with E-state index in [4.69, 9.17) is 10.00 Å². The highest BCUT2D eigenvalue weighted by Gasteiger charge is 2.19. The third-order valence-corrected chi connectivity index (χ3v) is 2.28. The Kier molecular flexibility index (Phi) is 6.56. The highest BCUT2D eigenvalue weighted by Crippen LogP contribution is 2.08. The van der Waals surface area contributed by atoms with E-state index < -0.39 is 0 Å². The van der Waals surface area contributed by atoms with Crippen molar-refractivity contribution in [3.8, 4) is 6.07 Å². The Morgan fingerprint density at radius 3 is 2.38 bits per heavy atom. The van der Waals surface area contributed by atoms with E-state index in [9.17, 15) is 0 Å². The van der Waals surface area contributed by atoms with Crippen molar-refractivity contribution in [3.05, 3.63) is 0 Å². The van der Waals surface area contributed by atoms with Crippen LogP contribution in [-0.2, 0) is 4.74 Å². The predicted octanol–water partition coefficient (Wildman–Crippen LogP) is 1.65. The van der Waals surface area contributed by atoms with Gasteiger partial charge in [0.2, 0.25) is 0 Å². The first-order chi connectivity index (χ1) is 6.21. The van der Waals surface area contributed by atoms with Gasteiger partial charge < -0.3 is 4.74 Å². The number of likely N-dealkylation sites (N-methyl/N-ethyl adjacent to an activating group) is 1. The normalized spacial score (nSPS) is 15.4. The highest BCUT2D eigenvalue weighted by molar-refractivity contribution is 4.92. The zero-order valence-corrected chi connectivity index (χ0v) is 9.08. The maximum Gasteiger partial charge on any atom is 0.0978 e. The lowest BCUT2D eigenvalue weighted by Crippen LogP contribution is -2.42. The van der Waals surface area contributed by atoms with Gasteiger partial charge in [-0.3, -0.25) is 4.90 Å². The number of nitriles is 1. The first-order valence-corrected chi connectivity index (χ1v) is 4.85. The molecule has 3 nitrogen and oxygen atoms in total. The smallest absolute Gasteiger partial charge is 0.0978 e. The molecule has 0 aromatic carbocycles. The summed E-state index contributed by atoms with van der Waals surface area (Å²) >= 11 is 0. The van der Waals surface area contributed by atoms with Crippen LogP contribution in [0.1, 0.15) is 27.2 Å². The lowest BCUT2D eigenvalue weighted by atomic mass is 10.1. The van der Waals surface area contributed by atoms with Crippen molar-refractivity contribution >= 4 is 0 Å². The van der Waals surface area contributed by atoms with Crippen molar-refractivity contribution in [1.29, 1.82) is 5.26 Å². The number of nitrogens with zero attached hydrogens (tertiary/aromatic N) is 2. The molecule has 0 aliphatic rings. The van der Waals surface area contributed by atoms with Gasteiger partial charge >= 0.3 is 0 Å². The molecule has 2 unspecified atom stereocenters. The molecule has 0 radical (unpaired) electrons. The zero-order valence-electron chi connectivity index (χ0n) is 9.08. The number of hydrogen-bond acceptors (Lipinski definition) is 3. The fourth-order valence-electron chi connectivity index (χ4n) is 1.58. The van der Waals surface area contributed by atoms with E-state index in [-0.39, 0.29) is 6.04 Å². The van der Waals surface area contributed by atoms with Crippen LogP contribution in [0.25, 0.3) is 0 Å². The molecule has 0 spiro atoms. The van der Waals surface area contributed by atoms with Crippen LogP contribution in [0.5, 0.6) is 0 Å². The van der Waals surface area contributed by atoms with Crippen LogP contribution in [0.2, 0.25) is 0 Å². The average Bonchev–Trinajstić information content (AvgIpc) is 2.14. The van der Waals surface area contributed by atoms with Crippen molar-refractivity contribution in [3.63, 3.8) is 0 Å². The largest absolute Gasteiger partial charge is 0.383 e. The van der Waals surface area contributed by atoms with Crippen molar-refractivity contribution < 1.29 is 4.74 Å². The Labute approximate surface area is 81.3 Å². The average molecular weight is 184 g/mol. The van der Waals surface area contributed by atoms with Crippen molar-refractivity contribution in [2.24, 2.45) is 0 Å². The standard InChI is InChI=1S/C10H20N2O/c1-5-10(7-11)12(6-2)9(3)8-13-4/h9-10H,5-6,8H2,1-4H3. The molecule has 0 saturated carbocycles. The Morgan fingerprint density at radius 1 is 1.46 bits per heavy atom. The molecule has 0 aromatic rings. The van der Waals surface area contributed by atoms with Crippen molar-refractivity contribution in [2.75, 3.05) is 20.3 Å². The summed E-state index contributed by atoms with van der Waals surface area (Å²) in [7, 11) is 1.69. The lowest BCUT2D eigenvalue weighted by Gasteiger charge is -2.30. The Hall–Kier alpha value is -0.590. The number of ether oxygens (including phenoxy) is 1. The number of methoxy groups -OCH3 is 1. The van der Waals surface area contributed by atoms with E-state index in [1.54, 1.807) is 7.11 Å². The van der Waals surface area contributed by atoms with Gasteiger partial charge in [0.1, 0.15) is 0 Å². The van der Waals surface area contributed by atoms with Gasteiger partial charge in [0.25, 0.3) is 0 Å². The minimum Gasteiger partial charge on any atom is -0.383 e. The molecule has 0 fully saturated rings. The molecule has 13 heavy (non-hydrogen) atoms. The van der Waals surface area contributed by atoms with Gasteiger partial charge in [-0.05, 0) is 19.9 Å². The molecule has 0 amide bonds. The Bertz CT molecular complexity index is 165.